The van der Waals surface area contributed by atoms with Gasteiger partial charge in [0.1, 0.15) is 16.7 Å². The maximum atomic E-state index is 9.15. The Kier molecular flexibility index (Phi) is 3.54. The van der Waals surface area contributed by atoms with Crippen LogP contribution in [0.15, 0.2) is 154 Å². The van der Waals surface area contributed by atoms with Crippen LogP contribution < -0.4 is 0 Å². The van der Waals surface area contributed by atoms with E-state index in [0.29, 0.717) is 22.3 Å². The molecule has 0 atom stereocenters. The second-order valence-electron chi connectivity index (χ2n) is 10.2. The first kappa shape index (κ1) is 16.6. The molecule has 0 N–H and O–H groups in total. The van der Waals surface area contributed by atoms with Gasteiger partial charge in [0.05, 0.1) is 17.2 Å². The lowest BCUT2D eigenvalue weighted by molar-refractivity contribution is 0.615. The van der Waals surface area contributed by atoms with Gasteiger partial charge in [-0.25, -0.2) is 0 Å². The predicted octanol–water partition coefficient (Wildman–Crippen LogP) is 11.6. The van der Waals surface area contributed by atoms with E-state index >= 15 is 0 Å². The average Bonchev–Trinajstić information content (AvgIpc) is 3.78. The number of furan rings is 2. The fraction of sp³-hybridized carbons (Fsp3) is 0. The van der Waals surface area contributed by atoms with E-state index in [4.69, 9.17) is 19.8 Å². The van der Waals surface area contributed by atoms with E-state index in [2.05, 4.69) is 0 Å². The molecule has 9 rings (SSSR count). The van der Waals surface area contributed by atoms with Gasteiger partial charge in [-0.2, -0.15) is 0 Å². The molecule has 0 radical (unpaired) electrons. The van der Waals surface area contributed by atoms with Crippen LogP contribution in [0.1, 0.15) is 11.0 Å². The lowest BCUT2D eigenvalue weighted by Gasteiger charge is -2.18. The number of hydrogen-bond donors (Lipinski definition) is 0. The maximum Gasteiger partial charge on any atom is 0.136 e. The first-order valence-corrected chi connectivity index (χ1v) is 13.6. The van der Waals surface area contributed by atoms with Crippen LogP contribution in [-0.2, 0) is 0 Å². The summed E-state index contributed by atoms with van der Waals surface area (Å²) in [5, 5.41) is 3.55. The van der Waals surface area contributed by atoms with Crippen molar-refractivity contribution in [2.75, 3.05) is 0 Å². The summed E-state index contributed by atoms with van der Waals surface area (Å²) < 4.78 is 82.9. The van der Waals surface area contributed by atoms with Crippen LogP contribution in [0.2, 0.25) is 0 Å². The van der Waals surface area contributed by atoms with Crippen molar-refractivity contribution in [2.45, 2.75) is 0 Å². The third-order valence-electron chi connectivity index (χ3n) is 8.02. The van der Waals surface area contributed by atoms with Gasteiger partial charge in [-0.3, -0.25) is 0 Å². The molecule has 2 heterocycles. The van der Waals surface area contributed by atoms with Crippen LogP contribution >= 0.6 is 0 Å². The third-order valence-corrected chi connectivity index (χ3v) is 8.02. The molecule has 0 aliphatic carbocycles. The van der Waals surface area contributed by atoms with Gasteiger partial charge in [-0.15, -0.1) is 0 Å². The average molecular weight is 545 g/mol. The molecule has 2 heteroatoms. The fourth-order valence-electron chi connectivity index (χ4n) is 6.22. The molecule has 0 aliphatic heterocycles. The van der Waals surface area contributed by atoms with Crippen molar-refractivity contribution in [1.82, 2.24) is 0 Å². The summed E-state index contributed by atoms with van der Waals surface area (Å²) in [4.78, 5) is 0. The van der Waals surface area contributed by atoms with Gasteiger partial charge in [0.25, 0.3) is 0 Å². The van der Waals surface area contributed by atoms with Crippen LogP contribution in [0.4, 0.5) is 0 Å². The Morgan fingerprint density at radius 2 is 1.00 bits per heavy atom. The van der Waals surface area contributed by atoms with E-state index in [1.54, 1.807) is 30.5 Å². The van der Waals surface area contributed by atoms with Crippen LogP contribution in [0.5, 0.6) is 0 Å². The van der Waals surface area contributed by atoms with Crippen molar-refractivity contribution in [1.29, 1.82) is 0 Å². The summed E-state index contributed by atoms with van der Waals surface area (Å²) in [5.41, 5.74) is 5.74. The zero-order valence-corrected chi connectivity index (χ0v) is 22.1. The second kappa shape index (κ2) is 8.95. The number of rotatable bonds is 3. The van der Waals surface area contributed by atoms with Gasteiger partial charge in [0, 0.05) is 16.2 Å². The van der Waals surface area contributed by atoms with Gasteiger partial charge in [-0.05, 0) is 79.2 Å². The van der Waals surface area contributed by atoms with Crippen molar-refractivity contribution in [2.24, 2.45) is 0 Å². The maximum absolute atomic E-state index is 9.15. The Morgan fingerprint density at radius 3 is 1.67 bits per heavy atom. The smallest absolute Gasteiger partial charge is 0.136 e. The van der Waals surface area contributed by atoms with E-state index in [-0.39, 0.29) is 45.7 Å². The van der Waals surface area contributed by atoms with Crippen molar-refractivity contribution in [3.63, 3.8) is 0 Å². The Hall–Kier alpha value is -5.60. The van der Waals surface area contributed by atoms with E-state index in [0.717, 1.165) is 44.0 Å². The molecule has 0 fully saturated rings. The highest BCUT2D eigenvalue weighted by molar-refractivity contribution is 6.23. The van der Waals surface area contributed by atoms with Crippen LogP contribution in [-0.4, -0.2) is 0 Å². The van der Waals surface area contributed by atoms with Crippen molar-refractivity contribution in [3.8, 4) is 33.4 Å². The lowest BCUT2D eigenvalue weighted by atomic mass is 9.85. The molecule has 0 amide bonds. The molecule has 9 aromatic rings. The van der Waals surface area contributed by atoms with Crippen molar-refractivity contribution < 1.29 is 19.8 Å². The molecule has 42 heavy (non-hydrogen) atoms. The molecule has 2 aromatic heterocycles. The Morgan fingerprint density at radius 1 is 0.429 bits per heavy atom. The summed E-state index contributed by atoms with van der Waals surface area (Å²) in [6.07, 6.45) is 1.65. The van der Waals surface area contributed by atoms with Crippen LogP contribution in [0.3, 0.4) is 0 Å². The molecule has 0 saturated heterocycles. The summed E-state index contributed by atoms with van der Waals surface area (Å²) >= 11 is 0. The van der Waals surface area contributed by atoms with E-state index in [1.165, 1.54) is 0 Å². The zero-order chi connectivity index (χ0) is 34.6. The first-order chi connectivity index (χ1) is 24.2. The lowest BCUT2D eigenvalue weighted by Crippen LogP contribution is -1.90. The Labute approximate surface area is 253 Å². The highest BCUT2D eigenvalue weighted by Gasteiger charge is 2.18. The number of hydrogen-bond acceptors (Lipinski definition) is 2. The minimum Gasteiger partial charge on any atom is -0.464 e. The highest BCUT2D eigenvalue weighted by Crippen LogP contribution is 2.45. The summed E-state index contributed by atoms with van der Waals surface area (Å²) in [7, 11) is 0. The Bertz CT molecular complexity index is 2810. The molecular weight excluding hydrogens is 512 g/mol. The Balaban J connectivity index is 1.39. The highest BCUT2D eigenvalue weighted by atomic mass is 16.3. The predicted molar refractivity (Wildman–Crippen MR) is 175 cm³/mol. The molecular formula is C40H24O2. The second-order valence-corrected chi connectivity index (χ2v) is 10.2. The normalized spacial score (nSPS) is 14.5. The molecule has 0 spiro atoms. The van der Waals surface area contributed by atoms with Crippen molar-refractivity contribution >= 4 is 54.5 Å². The van der Waals surface area contributed by atoms with Crippen molar-refractivity contribution in [3.05, 3.63) is 146 Å². The van der Waals surface area contributed by atoms with Crippen LogP contribution in [0, 0.1) is 0 Å². The summed E-state index contributed by atoms with van der Waals surface area (Å²) in [6, 6.07) is 25.2. The van der Waals surface area contributed by atoms with Gasteiger partial charge in [-0.1, -0.05) is 115 Å². The molecule has 0 unspecified atom stereocenters. The quantitative estimate of drug-likeness (QED) is 0.207. The van der Waals surface area contributed by atoms with E-state index < -0.39 is 24.2 Å². The molecule has 2 nitrogen and oxygen atoms in total. The molecule has 0 bridgehead atoms. The SMILES string of the molecule is [2H]c1c([2H])c([2H])c2c(-c3ccc(-c4cccc5oc6ccc7occc7c6c45)cc3)c3c([2H])c([2H])c([2H])c([2H])c3c(-c3ccccc3)c2c1[2H]. The van der Waals surface area contributed by atoms with Crippen LogP contribution in [0.25, 0.3) is 87.8 Å². The van der Waals surface area contributed by atoms with E-state index in [1.807, 2.05) is 66.7 Å². The molecule has 196 valence electrons. The fourth-order valence-corrected chi connectivity index (χ4v) is 6.22. The van der Waals surface area contributed by atoms with Gasteiger partial charge < -0.3 is 8.83 Å². The number of benzene rings is 7. The number of fused-ring (bicyclic) bond motifs is 7. The summed E-state index contributed by atoms with van der Waals surface area (Å²) in [5.74, 6) is 0. The molecule has 0 aliphatic rings. The van der Waals surface area contributed by atoms with Gasteiger partial charge in [0.15, 0.2) is 0 Å². The zero-order valence-electron chi connectivity index (χ0n) is 30.1. The van der Waals surface area contributed by atoms with Gasteiger partial charge >= 0.3 is 0 Å². The van der Waals surface area contributed by atoms with E-state index in [9.17, 15) is 0 Å². The molecule has 0 saturated carbocycles. The first-order valence-electron chi connectivity index (χ1n) is 17.6. The minimum atomic E-state index is -0.427. The monoisotopic (exact) mass is 544 g/mol. The van der Waals surface area contributed by atoms with Gasteiger partial charge in [0.2, 0.25) is 0 Å². The standard InChI is InChI=1S/C40H24O2/c1-2-9-26(10-3-1)37-29-11-4-6-13-31(29)38(32-14-7-5-12-30(32)37)27-19-17-25(18-20-27)28-15-8-16-35-39(28)40-33-23-24-41-34(33)21-22-36(40)42-35/h1-24H/i4D,5D,6D,7D,11D,12D,13D,14D. The largest absolute Gasteiger partial charge is 0.464 e. The topological polar surface area (TPSA) is 26.3 Å². The molecule has 7 aromatic carbocycles. The third kappa shape index (κ3) is 3.33. The minimum absolute atomic E-state index is 0.186. The summed E-state index contributed by atoms with van der Waals surface area (Å²) in [6.45, 7) is 0.